The number of nitrogens with zero attached hydrogens (tertiary/aromatic N) is 3. The van der Waals surface area contributed by atoms with Crippen molar-refractivity contribution in [2.24, 2.45) is 5.84 Å². The fourth-order valence-corrected chi connectivity index (χ4v) is 1.61. The Balaban J connectivity index is 2.06. The summed E-state index contributed by atoms with van der Waals surface area (Å²) in [5, 5.41) is 3.21. The lowest BCUT2D eigenvalue weighted by atomic mass is 10.3. The molecule has 0 aromatic carbocycles. The van der Waals surface area contributed by atoms with E-state index in [1.165, 1.54) is 0 Å². The first-order valence-electron chi connectivity index (χ1n) is 6.37. The third kappa shape index (κ3) is 4.15. The standard InChI is InChI=1S/C13H18N6O/c1-2-20-9-13-17-11(6-12(18-13)19-14)16-8-10-4-3-5-15-7-10/h3-7H,2,8-9,14H2,1H3,(H2,16,17,18,19). The van der Waals surface area contributed by atoms with Crippen LogP contribution in [-0.2, 0) is 17.9 Å². The molecule has 2 rings (SSSR count). The average molecular weight is 274 g/mol. The largest absolute Gasteiger partial charge is 0.374 e. The third-order valence-corrected chi connectivity index (χ3v) is 2.55. The quantitative estimate of drug-likeness (QED) is 0.517. The highest BCUT2D eigenvalue weighted by Crippen LogP contribution is 2.12. The minimum absolute atomic E-state index is 0.355. The smallest absolute Gasteiger partial charge is 0.158 e. The SMILES string of the molecule is CCOCc1nc(NN)cc(NCc2cccnc2)n1. The Labute approximate surface area is 117 Å². The molecule has 0 bridgehead atoms. The third-order valence-electron chi connectivity index (χ3n) is 2.55. The van der Waals surface area contributed by atoms with Crippen LogP contribution in [-0.4, -0.2) is 21.6 Å². The summed E-state index contributed by atoms with van der Waals surface area (Å²) in [6.45, 7) is 3.52. The highest BCUT2D eigenvalue weighted by Gasteiger charge is 2.04. The van der Waals surface area contributed by atoms with Gasteiger partial charge in [0.1, 0.15) is 18.2 Å². The minimum atomic E-state index is 0.355. The van der Waals surface area contributed by atoms with E-state index in [0.29, 0.717) is 37.2 Å². The monoisotopic (exact) mass is 274 g/mol. The van der Waals surface area contributed by atoms with E-state index in [1.54, 1.807) is 18.5 Å². The highest BCUT2D eigenvalue weighted by molar-refractivity contribution is 5.47. The Kier molecular flexibility index (Phi) is 5.22. The van der Waals surface area contributed by atoms with E-state index in [0.717, 1.165) is 5.56 Å². The van der Waals surface area contributed by atoms with Crippen LogP contribution in [0.1, 0.15) is 18.3 Å². The van der Waals surface area contributed by atoms with Gasteiger partial charge in [-0.1, -0.05) is 6.07 Å². The van der Waals surface area contributed by atoms with Crippen molar-refractivity contribution in [2.75, 3.05) is 17.3 Å². The molecule has 0 fully saturated rings. The molecule has 0 saturated carbocycles. The van der Waals surface area contributed by atoms with Crippen molar-refractivity contribution >= 4 is 11.6 Å². The van der Waals surface area contributed by atoms with E-state index in [4.69, 9.17) is 10.6 Å². The normalized spacial score (nSPS) is 10.3. The molecular formula is C13H18N6O. The maximum absolute atomic E-state index is 5.40. The Hall–Kier alpha value is -2.25. The molecule has 2 heterocycles. The van der Waals surface area contributed by atoms with Gasteiger partial charge >= 0.3 is 0 Å². The molecule has 7 heteroatoms. The predicted octanol–water partition coefficient (Wildman–Crippen LogP) is 1.31. The van der Waals surface area contributed by atoms with Crippen LogP contribution in [0.4, 0.5) is 11.6 Å². The van der Waals surface area contributed by atoms with Crippen LogP contribution in [0.2, 0.25) is 0 Å². The Bertz CT molecular complexity index is 534. The lowest BCUT2D eigenvalue weighted by molar-refractivity contribution is 0.128. The lowest BCUT2D eigenvalue weighted by Gasteiger charge is -2.09. The Morgan fingerprint density at radius 2 is 2.15 bits per heavy atom. The number of aromatic nitrogens is 3. The summed E-state index contributed by atoms with van der Waals surface area (Å²) in [6, 6.07) is 5.63. The molecule has 0 saturated heterocycles. The van der Waals surface area contributed by atoms with Crippen molar-refractivity contribution in [1.82, 2.24) is 15.0 Å². The molecule has 0 spiro atoms. The van der Waals surface area contributed by atoms with E-state index in [2.05, 4.69) is 25.7 Å². The summed E-state index contributed by atoms with van der Waals surface area (Å²) in [5.41, 5.74) is 3.59. The van der Waals surface area contributed by atoms with Crippen LogP contribution in [0, 0.1) is 0 Å². The molecule has 20 heavy (non-hydrogen) atoms. The van der Waals surface area contributed by atoms with E-state index < -0.39 is 0 Å². The van der Waals surface area contributed by atoms with Gasteiger partial charge in [-0.2, -0.15) is 0 Å². The number of pyridine rings is 1. The summed E-state index contributed by atoms with van der Waals surface area (Å²) < 4.78 is 5.31. The van der Waals surface area contributed by atoms with Gasteiger partial charge in [0.15, 0.2) is 5.82 Å². The molecule has 0 aliphatic heterocycles. The molecule has 2 aromatic heterocycles. The number of anilines is 2. The topological polar surface area (TPSA) is 98.0 Å². The second kappa shape index (κ2) is 7.37. The van der Waals surface area contributed by atoms with Crippen LogP contribution in [0.5, 0.6) is 0 Å². The fourth-order valence-electron chi connectivity index (χ4n) is 1.61. The van der Waals surface area contributed by atoms with Crippen molar-refractivity contribution < 1.29 is 4.74 Å². The summed E-state index contributed by atoms with van der Waals surface area (Å²) in [7, 11) is 0. The first-order valence-corrected chi connectivity index (χ1v) is 6.37. The first kappa shape index (κ1) is 14.2. The van der Waals surface area contributed by atoms with Crippen molar-refractivity contribution in [2.45, 2.75) is 20.1 Å². The zero-order valence-electron chi connectivity index (χ0n) is 11.3. The van der Waals surface area contributed by atoms with Crippen molar-refractivity contribution in [1.29, 1.82) is 0 Å². The van der Waals surface area contributed by atoms with Gasteiger partial charge in [0.05, 0.1) is 0 Å². The number of hydrogen-bond donors (Lipinski definition) is 3. The maximum Gasteiger partial charge on any atom is 0.158 e. The van der Waals surface area contributed by atoms with Crippen LogP contribution in [0.15, 0.2) is 30.6 Å². The van der Waals surface area contributed by atoms with Crippen molar-refractivity contribution in [3.63, 3.8) is 0 Å². The molecule has 0 aliphatic rings. The van der Waals surface area contributed by atoms with Gasteiger partial charge in [-0.05, 0) is 18.6 Å². The molecule has 2 aromatic rings. The average Bonchev–Trinajstić information content (AvgIpc) is 2.51. The van der Waals surface area contributed by atoms with Gasteiger partial charge in [0.25, 0.3) is 0 Å². The lowest BCUT2D eigenvalue weighted by Crippen LogP contribution is -2.13. The van der Waals surface area contributed by atoms with E-state index >= 15 is 0 Å². The van der Waals surface area contributed by atoms with Gasteiger partial charge in [0.2, 0.25) is 0 Å². The number of nitrogens with one attached hydrogen (secondary N) is 2. The Morgan fingerprint density at radius 3 is 2.85 bits per heavy atom. The van der Waals surface area contributed by atoms with Crippen LogP contribution >= 0.6 is 0 Å². The highest BCUT2D eigenvalue weighted by atomic mass is 16.5. The number of hydrogen-bond acceptors (Lipinski definition) is 7. The van der Waals surface area contributed by atoms with Crippen molar-refractivity contribution in [3.05, 3.63) is 42.0 Å². The molecule has 0 aliphatic carbocycles. The fraction of sp³-hybridized carbons (Fsp3) is 0.308. The summed E-state index contributed by atoms with van der Waals surface area (Å²) >= 11 is 0. The van der Waals surface area contributed by atoms with E-state index in [9.17, 15) is 0 Å². The second-order valence-corrected chi connectivity index (χ2v) is 4.05. The van der Waals surface area contributed by atoms with Gasteiger partial charge < -0.3 is 15.5 Å². The van der Waals surface area contributed by atoms with Crippen LogP contribution in [0.3, 0.4) is 0 Å². The van der Waals surface area contributed by atoms with Gasteiger partial charge in [0, 0.05) is 31.6 Å². The van der Waals surface area contributed by atoms with Crippen LogP contribution in [0.25, 0.3) is 0 Å². The molecule has 0 unspecified atom stereocenters. The van der Waals surface area contributed by atoms with Gasteiger partial charge in [-0.25, -0.2) is 15.8 Å². The number of rotatable bonds is 7. The number of ether oxygens (including phenoxy) is 1. The summed E-state index contributed by atoms with van der Waals surface area (Å²) in [6.07, 6.45) is 3.54. The van der Waals surface area contributed by atoms with Gasteiger partial charge in [-0.3, -0.25) is 4.98 Å². The van der Waals surface area contributed by atoms with E-state index in [-0.39, 0.29) is 0 Å². The predicted molar refractivity (Wildman–Crippen MR) is 76.7 cm³/mol. The summed E-state index contributed by atoms with van der Waals surface area (Å²) in [4.78, 5) is 12.7. The molecule has 4 N–H and O–H groups in total. The number of hydrazine groups is 1. The zero-order chi connectivity index (χ0) is 14.2. The maximum atomic E-state index is 5.40. The number of nitrogen functional groups attached to an aromatic ring is 1. The molecule has 106 valence electrons. The summed E-state index contributed by atoms with van der Waals surface area (Å²) in [5.74, 6) is 7.22. The zero-order valence-corrected chi connectivity index (χ0v) is 11.3. The van der Waals surface area contributed by atoms with Crippen LogP contribution < -0.4 is 16.6 Å². The number of nitrogens with two attached hydrogens (primary N) is 1. The van der Waals surface area contributed by atoms with E-state index in [1.807, 2.05) is 19.1 Å². The molecule has 0 amide bonds. The molecule has 0 atom stereocenters. The van der Waals surface area contributed by atoms with Gasteiger partial charge in [-0.15, -0.1) is 0 Å². The molecular weight excluding hydrogens is 256 g/mol. The van der Waals surface area contributed by atoms with Crippen molar-refractivity contribution in [3.8, 4) is 0 Å². The Morgan fingerprint density at radius 1 is 1.30 bits per heavy atom. The second-order valence-electron chi connectivity index (χ2n) is 4.05. The molecule has 7 nitrogen and oxygen atoms in total. The first-order chi connectivity index (χ1) is 9.81. The molecule has 0 radical (unpaired) electrons. The minimum Gasteiger partial charge on any atom is -0.374 e.